The second-order valence-corrected chi connectivity index (χ2v) is 11.5. The number of nitrogens with zero attached hydrogens (tertiary/aromatic N) is 2. The Morgan fingerprint density at radius 1 is 1.05 bits per heavy atom. The number of carbonyl (C=O) groups excluding carboxylic acids is 2. The number of carbonyl (C=O) groups is 2. The van der Waals surface area contributed by atoms with Crippen molar-refractivity contribution < 1.29 is 28.0 Å². The van der Waals surface area contributed by atoms with Crippen molar-refractivity contribution in [1.82, 2.24) is 10.5 Å². The Hall–Kier alpha value is -5.00. The van der Waals surface area contributed by atoms with Gasteiger partial charge in [-0.2, -0.15) is 0 Å². The average Bonchev–Trinajstić information content (AvgIpc) is 3.03. The number of sulfone groups is 1. The molecule has 10 nitrogen and oxygen atoms in total. The first-order chi connectivity index (χ1) is 20.7. The minimum Gasteiger partial charge on any atom is -0.497 e. The van der Waals surface area contributed by atoms with Gasteiger partial charge in [0, 0.05) is 36.3 Å². The number of nitrogens with one attached hydrogen (secondary N) is 2. The zero-order valence-corrected chi connectivity index (χ0v) is 24.7. The lowest BCUT2D eigenvalue weighted by Crippen LogP contribution is -2.28. The van der Waals surface area contributed by atoms with Crippen molar-refractivity contribution in [3.05, 3.63) is 120 Å². The normalized spacial score (nSPS) is 12.0. The number of amides is 2. The summed E-state index contributed by atoms with van der Waals surface area (Å²) < 4.78 is 33.0. The highest BCUT2D eigenvalue weighted by atomic mass is 32.2. The van der Waals surface area contributed by atoms with Gasteiger partial charge >= 0.3 is 0 Å². The number of hydroxylamine groups is 1. The lowest BCUT2D eigenvalue weighted by atomic mass is 10.0. The maximum absolute atomic E-state index is 13.9. The number of benzene rings is 3. The minimum atomic E-state index is -4.08. The van der Waals surface area contributed by atoms with Crippen LogP contribution in [0.4, 0.5) is 11.4 Å². The number of anilines is 2. The van der Waals surface area contributed by atoms with Crippen molar-refractivity contribution >= 4 is 39.1 Å². The van der Waals surface area contributed by atoms with Gasteiger partial charge < -0.3 is 15.0 Å². The molecule has 0 spiro atoms. The molecule has 3 aromatic carbocycles. The van der Waals surface area contributed by atoms with Crippen LogP contribution in [0.2, 0.25) is 0 Å². The number of aromatic nitrogens is 1. The van der Waals surface area contributed by atoms with Gasteiger partial charge in [0.15, 0.2) is 5.37 Å². The van der Waals surface area contributed by atoms with Crippen molar-refractivity contribution in [3.8, 4) is 5.75 Å². The molecule has 0 aliphatic rings. The predicted octanol–water partition coefficient (Wildman–Crippen LogP) is 5.17. The van der Waals surface area contributed by atoms with Gasteiger partial charge in [0.1, 0.15) is 5.75 Å². The van der Waals surface area contributed by atoms with Crippen LogP contribution < -0.4 is 20.4 Å². The average molecular weight is 601 g/mol. The molecule has 11 heteroatoms. The van der Waals surface area contributed by atoms with Crippen LogP contribution in [0, 0.1) is 6.92 Å². The van der Waals surface area contributed by atoms with E-state index >= 15 is 0 Å². The summed E-state index contributed by atoms with van der Waals surface area (Å²) in [7, 11) is -2.59. The van der Waals surface area contributed by atoms with Crippen molar-refractivity contribution in [2.75, 3.05) is 23.9 Å². The summed E-state index contributed by atoms with van der Waals surface area (Å²) >= 11 is 0. The van der Waals surface area contributed by atoms with Gasteiger partial charge in [0.2, 0.25) is 9.84 Å². The van der Waals surface area contributed by atoms with Crippen LogP contribution in [-0.4, -0.2) is 44.1 Å². The molecule has 0 saturated heterocycles. The van der Waals surface area contributed by atoms with Crippen LogP contribution in [0.5, 0.6) is 5.75 Å². The molecule has 0 fully saturated rings. The van der Waals surface area contributed by atoms with E-state index in [1.807, 2.05) is 37.3 Å². The maximum Gasteiger partial charge on any atom is 0.276 e. The van der Waals surface area contributed by atoms with Crippen molar-refractivity contribution in [2.24, 2.45) is 0 Å². The van der Waals surface area contributed by atoms with Gasteiger partial charge in [-0.3, -0.25) is 19.8 Å². The van der Waals surface area contributed by atoms with Gasteiger partial charge in [-0.1, -0.05) is 24.3 Å². The van der Waals surface area contributed by atoms with Gasteiger partial charge in [-0.05, 0) is 85.6 Å². The summed E-state index contributed by atoms with van der Waals surface area (Å²) in [6.07, 6.45) is 5.91. The standard InChI is InChI=1S/C32H32N4O6S/c1-4-36(25-10-6-5-7-11-25)29(37)17-12-23-19-22(2)30(28(20-23)31(38)35-39)34-32(24-9-8-18-33-21-24)43(40,41)27-15-13-26(42-3)14-16-27/h5-21,32,34,39H,4H2,1-3H3,(H,35,38)/b17-12+. The fourth-order valence-electron chi connectivity index (χ4n) is 4.58. The summed E-state index contributed by atoms with van der Waals surface area (Å²) in [4.78, 5) is 31.6. The van der Waals surface area contributed by atoms with E-state index in [-0.39, 0.29) is 22.1 Å². The molecule has 43 heavy (non-hydrogen) atoms. The van der Waals surface area contributed by atoms with Crippen LogP contribution in [0.25, 0.3) is 6.08 Å². The number of para-hydroxylation sites is 1. The fraction of sp³-hybridized carbons (Fsp3) is 0.156. The van der Waals surface area contributed by atoms with Crippen molar-refractivity contribution in [2.45, 2.75) is 24.1 Å². The van der Waals surface area contributed by atoms with E-state index < -0.39 is 21.1 Å². The lowest BCUT2D eigenvalue weighted by Gasteiger charge is -2.24. The molecule has 1 atom stereocenters. The third-order valence-electron chi connectivity index (χ3n) is 6.73. The molecule has 4 rings (SSSR count). The third-order valence-corrected chi connectivity index (χ3v) is 8.67. The Labute approximate surface area is 250 Å². The van der Waals surface area contributed by atoms with Crippen LogP contribution in [0.15, 0.2) is 102 Å². The molecular weight excluding hydrogens is 568 g/mol. The van der Waals surface area contributed by atoms with Crippen molar-refractivity contribution in [1.29, 1.82) is 0 Å². The SMILES string of the molecule is CCN(C(=O)/C=C/c1cc(C)c(NC(c2cccnc2)S(=O)(=O)c2ccc(OC)cc2)c(C(=O)NO)c1)c1ccccc1. The first kappa shape index (κ1) is 30.9. The van der Waals surface area contributed by atoms with E-state index in [0.717, 1.165) is 5.69 Å². The molecule has 2 amide bonds. The van der Waals surface area contributed by atoms with Crippen molar-refractivity contribution in [3.63, 3.8) is 0 Å². The van der Waals surface area contributed by atoms with E-state index in [1.54, 1.807) is 53.7 Å². The number of rotatable bonds is 11. The zero-order valence-electron chi connectivity index (χ0n) is 23.9. The highest BCUT2D eigenvalue weighted by molar-refractivity contribution is 7.91. The molecule has 0 aliphatic heterocycles. The topological polar surface area (TPSA) is 138 Å². The summed E-state index contributed by atoms with van der Waals surface area (Å²) in [6.45, 7) is 4.01. The molecule has 0 saturated carbocycles. The largest absolute Gasteiger partial charge is 0.497 e. The first-order valence-corrected chi connectivity index (χ1v) is 14.9. The van der Waals surface area contributed by atoms with E-state index in [1.165, 1.54) is 43.8 Å². The van der Waals surface area contributed by atoms with Gasteiger partial charge in [0.05, 0.1) is 23.3 Å². The van der Waals surface area contributed by atoms with Crippen LogP contribution in [-0.2, 0) is 14.6 Å². The van der Waals surface area contributed by atoms with Crippen LogP contribution in [0.1, 0.15) is 39.3 Å². The monoisotopic (exact) mass is 600 g/mol. The Morgan fingerprint density at radius 3 is 2.37 bits per heavy atom. The number of hydrogen-bond donors (Lipinski definition) is 3. The molecule has 0 radical (unpaired) electrons. The Kier molecular flexibility index (Phi) is 9.91. The predicted molar refractivity (Wildman–Crippen MR) is 165 cm³/mol. The number of pyridine rings is 1. The van der Waals surface area contributed by atoms with E-state index in [9.17, 15) is 23.2 Å². The van der Waals surface area contributed by atoms with Crippen LogP contribution in [0.3, 0.4) is 0 Å². The molecule has 1 unspecified atom stereocenters. The van der Waals surface area contributed by atoms with Gasteiger partial charge in [-0.25, -0.2) is 13.9 Å². The van der Waals surface area contributed by atoms with Crippen LogP contribution >= 0.6 is 0 Å². The molecular formula is C32H32N4O6S. The Balaban J connectivity index is 1.74. The second-order valence-electron chi connectivity index (χ2n) is 9.48. The third kappa shape index (κ3) is 7.08. The summed E-state index contributed by atoms with van der Waals surface area (Å²) in [5.41, 5.74) is 3.87. The molecule has 4 aromatic rings. The van der Waals surface area contributed by atoms with E-state index in [0.29, 0.717) is 29.0 Å². The second kappa shape index (κ2) is 13.8. The number of methoxy groups -OCH3 is 1. The number of likely N-dealkylation sites (N-methyl/N-ethyl adjacent to an activating group) is 1. The first-order valence-electron chi connectivity index (χ1n) is 13.4. The molecule has 1 aromatic heterocycles. The minimum absolute atomic E-state index is 0.0242. The highest BCUT2D eigenvalue weighted by Gasteiger charge is 2.31. The summed E-state index contributed by atoms with van der Waals surface area (Å²) in [6, 6.07) is 21.6. The van der Waals surface area contributed by atoms with E-state index in [4.69, 9.17) is 4.74 Å². The molecule has 222 valence electrons. The number of ether oxygens (including phenoxy) is 1. The fourth-order valence-corrected chi connectivity index (χ4v) is 6.14. The molecule has 1 heterocycles. The van der Waals surface area contributed by atoms with Gasteiger partial charge in [-0.15, -0.1) is 0 Å². The smallest absolute Gasteiger partial charge is 0.276 e. The maximum atomic E-state index is 13.9. The summed E-state index contributed by atoms with van der Waals surface area (Å²) in [5.74, 6) is -0.627. The quantitative estimate of drug-likeness (QED) is 0.122. The number of hydrogen-bond acceptors (Lipinski definition) is 8. The molecule has 0 bridgehead atoms. The lowest BCUT2D eigenvalue weighted by molar-refractivity contribution is -0.114. The highest BCUT2D eigenvalue weighted by Crippen LogP contribution is 2.34. The number of aryl methyl sites for hydroxylation is 1. The molecule has 0 aliphatic carbocycles. The summed E-state index contributed by atoms with van der Waals surface area (Å²) in [5, 5.41) is 11.2. The van der Waals surface area contributed by atoms with E-state index in [2.05, 4.69) is 10.3 Å². The molecule has 3 N–H and O–H groups in total. The Bertz CT molecular complexity index is 1710. The van der Waals surface area contributed by atoms with Gasteiger partial charge in [0.25, 0.3) is 11.8 Å². The zero-order chi connectivity index (χ0) is 31.0. The Morgan fingerprint density at radius 2 is 1.77 bits per heavy atom.